The quantitative estimate of drug-likeness (QED) is 0.786. The Morgan fingerprint density at radius 1 is 1.26 bits per heavy atom. The molecule has 0 spiro atoms. The Morgan fingerprint density at radius 3 is 2.44 bits per heavy atom. The van der Waals surface area contributed by atoms with Crippen molar-refractivity contribution in [2.75, 3.05) is 24.2 Å². The molecule has 0 radical (unpaired) electrons. The van der Waals surface area contributed by atoms with Crippen molar-refractivity contribution >= 4 is 29.4 Å². The predicted octanol–water partition coefficient (Wildman–Crippen LogP) is 3.82. The van der Waals surface area contributed by atoms with Gasteiger partial charge in [0, 0.05) is 11.8 Å². The summed E-state index contributed by atoms with van der Waals surface area (Å²) < 4.78 is 34.4. The summed E-state index contributed by atoms with van der Waals surface area (Å²) in [6.07, 6.45) is 0.631. The van der Waals surface area contributed by atoms with E-state index >= 15 is 0 Å². The molecule has 3 rings (SSSR count). The van der Waals surface area contributed by atoms with E-state index in [0.29, 0.717) is 5.56 Å². The van der Waals surface area contributed by atoms with E-state index in [-0.39, 0.29) is 30.2 Å². The van der Waals surface area contributed by atoms with Crippen LogP contribution in [0.25, 0.3) is 11.1 Å². The maximum Gasteiger partial charge on any atom is 0.414 e. The van der Waals surface area contributed by atoms with Crippen LogP contribution in [0, 0.1) is 11.6 Å². The summed E-state index contributed by atoms with van der Waals surface area (Å²) in [5.41, 5.74) is 0.348. The molecule has 1 saturated heterocycles. The number of thioether (sulfide) groups is 1. The van der Waals surface area contributed by atoms with Crippen molar-refractivity contribution in [1.29, 1.82) is 0 Å². The lowest BCUT2D eigenvalue weighted by atomic mass is 10.0. The lowest BCUT2D eigenvalue weighted by Crippen LogP contribution is -2.33. The van der Waals surface area contributed by atoms with E-state index in [9.17, 15) is 18.4 Å². The van der Waals surface area contributed by atoms with E-state index < -0.39 is 23.8 Å². The summed E-state index contributed by atoms with van der Waals surface area (Å²) in [7, 11) is 0. The number of halogens is 2. The van der Waals surface area contributed by atoms with E-state index in [1.165, 1.54) is 18.7 Å². The highest BCUT2D eigenvalue weighted by Gasteiger charge is 2.33. The van der Waals surface area contributed by atoms with Crippen LogP contribution in [0.1, 0.15) is 6.92 Å². The normalized spacial score (nSPS) is 16.4. The molecule has 0 saturated carbocycles. The average Bonchev–Trinajstić information content (AvgIpc) is 3.00. The molecule has 1 unspecified atom stereocenters. The highest BCUT2D eigenvalue weighted by molar-refractivity contribution is 7.98. The number of nitrogens with zero attached hydrogens (tertiary/aromatic N) is 1. The fraction of sp³-hybridized carbons (Fsp3) is 0.263. The van der Waals surface area contributed by atoms with Gasteiger partial charge in [0.1, 0.15) is 17.7 Å². The lowest BCUT2D eigenvalue weighted by molar-refractivity contribution is -0.119. The topological polar surface area (TPSA) is 58.6 Å². The molecule has 0 bridgehead atoms. The van der Waals surface area contributed by atoms with Gasteiger partial charge in [0.15, 0.2) is 0 Å². The minimum atomic E-state index is -0.764. The van der Waals surface area contributed by atoms with Crippen LogP contribution in [-0.4, -0.2) is 37.4 Å². The van der Waals surface area contributed by atoms with Gasteiger partial charge in [0.2, 0.25) is 5.91 Å². The van der Waals surface area contributed by atoms with Gasteiger partial charge in [0.25, 0.3) is 0 Å². The van der Waals surface area contributed by atoms with Crippen molar-refractivity contribution in [3.8, 4) is 11.1 Å². The number of cyclic esters (lactones) is 1. The maximum absolute atomic E-state index is 14.6. The van der Waals surface area contributed by atoms with Crippen molar-refractivity contribution in [3.63, 3.8) is 0 Å². The first kappa shape index (κ1) is 19.2. The van der Waals surface area contributed by atoms with Crippen molar-refractivity contribution in [2.24, 2.45) is 0 Å². The van der Waals surface area contributed by atoms with Gasteiger partial charge in [-0.1, -0.05) is 12.1 Å². The van der Waals surface area contributed by atoms with E-state index in [1.807, 2.05) is 6.26 Å². The van der Waals surface area contributed by atoms with Gasteiger partial charge in [-0.15, -0.1) is 11.8 Å². The molecule has 1 atom stereocenters. The third-order valence-corrected chi connectivity index (χ3v) is 4.91. The molecule has 1 aliphatic rings. The fourth-order valence-electron chi connectivity index (χ4n) is 2.85. The smallest absolute Gasteiger partial charge is 0.414 e. The van der Waals surface area contributed by atoms with Gasteiger partial charge < -0.3 is 10.1 Å². The zero-order chi connectivity index (χ0) is 19.6. The summed E-state index contributed by atoms with van der Waals surface area (Å²) >= 11 is 1.53. The Kier molecular flexibility index (Phi) is 5.65. The molecule has 1 fully saturated rings. The first-order chi connectivity index (χ1) is 12.9. The molecular formula is C19H18F2N2O3S. The van der Waals surface area contributed by atoms with Crippen LogP contribution in [0.15, 0.2) is 41.3 Å². The van der Waals surface area contributed by atoms with E-state index in [4.69, 9.17) is 4.74 Å². The number of nitrogens with one attached hydrogen (secondary N) is 1. The first-order valence-electron chi connectivity index (χ1n) is 8.25. The summed E-state index contributed by atoms with van der Waals surface area (Å²) in [5, 5.41) is 2.55. The van der Waals surface area contributed by atoms with Gasteiger partial charge in [0.05, 0.1) is 24.3 Å². The third-order valence-electron chi connectivity index (χ3n) is 4.17. The number of anilines is 1. The van der Waals surface area contributed by atoms with Crippen molar-refractivity contribution in [3.05, 3.63) is 48.0 Å². The lowest BCUT2D eigenvalue weighted by Gasteiger charge is -2.15. The maximum atomic E-state index is 14.6. The average molecular weight is 392 g/mol. The number of ether oxygens (including phenoxy) is 1. The summed E-state index contributed by atoms with van der Waals surface area (Å²) in [6.45, 7) is 1.59. The molecule has 1 heterocycles. The Labute approximate surface area is 159 Å². The highest BCUT2D eigenvalue weighted by Crippen LogP contribution is 2.32. The molecule has 5 nitrogen and oxygen atoms in total. The molecule has 1 aliphatic heterocycles. The molecular weight excluding hydrogens is 374 g/mol. The van der Waals surface area contributed by atoms with Gasteiger partial charge in [-0.25, -0.2) is 13.6 Å². The molecule has 1 N–H and O–H groups in total. The number of rotatable bonds is 5. The van der Waals surface area contributed by atoms with Crippen LogP contribution in [0.5, 0.6) is 0 Å². The van der Waals surface area contributed by atoms with Crippen LogP contribution in [-0.2, 0) is 9.53 Å². The van der Waals surface area contributed by atoms with Crippen LogP contribution in [0.3, 0.4) is 0 Å². The zero-order valence-electron chi connectivity index (χ0n) is 14.8. The number of carbonyl (C=O) groups is 2. The second-order valence-electron chi connectivity index (χ2n) is 6.07. The van der Waals surface area contributed by atoms with Crippen LogP contribution < -0.4 is 10.2 Å². The number of hydrogen-bond donors (Lipinski definition) is 1. The predicted molar refractivity (Wildman–Crippen MR) is 99.9 cm³/mol. The number of hydrogen-bond acceptors (Lipinski definition) is 4. The summed E-state index contributed by atoms with van der Waals surface area (Å²) in [4.78, 5) is 25.1. The third kappa shape index (κ3) is 4.21. The fourth-order valence-corrected chi connectivity index (χ4v) is 3.25. The monoisotopic (exact) mass is 392 g/mol. The largest absolute Gasteiger partial charge is 0.442 e. The Balaban J connectivity index is 1.84. The van der Waals surface area contributed by atoms with Crippen molar-refractivity contribution < 1.29 is 23.1 Å². The molecule has 142 valence electrons. The first-order valence-corrected chi connectivity index (χ1v) is 9.47. The van der Waals surface area contributed by atoms with Gasteiger partial charge in [-0.05, 0) is 36.1 Å². The van der Waals surface area contributed by atoms with Crippen molar-refractivity contribution in [1.82, 2.24) is 5.32 Å². The Bertz CT molecular complexity index is 851. The molecule has 2 amide bonds. The second kappa shape index (κ2) is 7.96. The van der Waals surface area contributed by atoms with Gasteiger partial charge in [-0.3, -0.25) is 9.69 Å². The number of benzene rings is 2. The molecule has 8 heteroatoms. The summed E-state index contributed by atoms with van der Waals surface area (Å²) in [5.74, 6) is -1.78. The SMILES string of the molecule is CSc1ccc(-c2c(F)cc(N3CC(CNC(C)=O)OC3=O)cc2F)cc1. The second-order valence-corrected chi connectivity index (χ2v) is 6.95. The minimum Gasteiger partial charge on any atom is -0.442 e. The molecule has 2 aromatic rings. The van der Waals surface area contributed by atoms with Crippen LogP contribution in [0.2, 0.25) is 0 Å². The Hall–Kier alpha value is -2.61. The molecule has 27 heavy (non-hydrogen) atoms. The van der Waals surface area contributed by atoms with Gasteiger partial charge >= 0.3 is 6.09 Å². The molecule has 2 aromatic carbocycles. The standard InChI is InChI=1S/C19H18F2N2O3S/c1-11(24)22-9-14-10-23(19(25)26-14)13-7-16(20)18(17(21)8-13)12-3-5-15(27-2)6-4-12/h3-8,14H,9-10H2,1-2H3,(H,22,24). The van der Waals surface area contributed by atoms with Crippen LogP contribution in [0.4, 0.5) is 19.3 Å². The van der Waals surface area contributed by atoms with Crippen LogP contribution >= 0.6 is 11.8 Å². The number of carbonyl (C=O) groups excluding carboxylic acids is 2. The van der Waals surface area contributed by atoms with Gasteiger partial charge in [-0.2, -0.15) is 0 Å². The highest BCUT2D eigenvalue weighted by atomic mass is 32.2. The zero-order valence-corrected chi connectivity index (χ0v) is 15.6. The Morgan fingerprint density at radius 2 is 1.89 bits per heavy atom. The molecule has 0 aliphatic carbocycles. The van der Waals surface area contributed by atoms with E-state index in [1.54, 1.807) is 24.3 Å². The summed E-state index contributed by atoms with van der Waals surface area (Å²) in [6, 6.07) is 9.11. The van der Waals surface area contributed by atoms with E-state index in [0.717, 1.165) is 21.9 Å². The van der Waals surface area contributed by atoms with Crippen molar-refractivity contribution in [2.45, 2.75) is 17.9 Å². The van der Waals surface area contributed by atoms with E-state index in [2.05, 4.69) is 5.32 Å². The number of amides is 2. The minimum absolute atomic E-state index is 0.0739. The molecule has 0 aromatic heterocycles.